The molecule has 1 heterocycles. The largest absolute Gasteiger partial charge is 0.372 e. The van der Waals surface area contributed by atoms with Gasteiger partial charge in [-0.05, 0) is 46.6 Å². The predicted molar refractivity (Wildman–Crippen MR) is 80.5 cm³/mol. The summed E-state index contributed by atoms with van der Waals surface area (Å²) in [5.41, 5.74) is 1.05. The van der Waals surface area contributed by atoms with Crippen molar-refractivity contribution in [3.05, 3.63) is 51.6 Å². The van der Waals surface area contributed by atoms with Crippen LogP contribution in [0.2, 0.25) is 0 Å². The molecule has 2 aromatic rings. The Morgan fingerprint density at radius 3 is 2.67 bits per heavy atom. The first kappa shape index (κ1) is 15.4. The molecule has 0 aliphatic carbocycles. The molecule has 0 bridgehead atoms. The fourth-order valence-corrected chi connectivity index (χ4v) is 2.13. The van der Waals surface area contributed by atoms with E-state index in [1.54, 1.807) is 14.0 Å². The molecule has 2 rings (SSSR count). The Kier molecular flexibility index (Phi) is 4.52. The second-order valence-electron chi connectivity index (χ2n) is 4.34. The van der Waals surface area contributed by atoms with E-state index in [9.17, 15) is 13.6 Å². The van der Waals surface area contributed by atoms with Crippen LogP contribution in [0.1, 0.15) is 15.9 Å². The third-order valence-corrected chi connectivity index (χ3v) is 3.46. The highest BCUT2D eigenvalue weighted by Gasteiger charge is 2.15. The molecule has 0 saturated carbocycles. The van der Waals surface area contributed by atoms with E-state index in [0.717, 1.165) is 12.3 Å². The van der Waals surface area contributed by atoms with Crippen LogP contribution in [0.25, 0.3) is 0 Å². The number of amides is 1. The van der Waals surface area contributed by atoms with E-state index in [0.29, 0.717) is 11.3 Å². The first-order valence-corrected chi connectivity index (χ1v) is 6.82. The van der Waals surface area contributed by atoms with Crippen LogP contribution < -0.4 is 10.6 Å². The van der Waals surface area contributed by atoms with Crippen LogP contribution in [0.5, 0.6) is 0 Å². The monoisotopic (exact) mass is 355 g/mol. The summed E-state index contributed by atoms with van der Waals surface area (Å²) in [4.78, 5) is 16.0. The van der Waals surface area contributed by atoms with Gasteiger partial charge in [0.25, 0.3) is 5.91 Å². The number of nitrogens with one attached hydrogen (secondary N) is 2. The van der Waals surface area contributed by atoms with Gasteiger partial charge in [0.15, 0.2) is 0 Å². The molecule has 0 unspecified atom stereocenters. The maximum Gasteiger partial charge on any atom is 0.259 e. The van der Waals surface area contributed by atoms with Crippen molar-refractivity contribution < 1.29 is 13.6 Å². The van der Waals surface area contributed by atoms with Gasteiger partial charge in [-0.3, -0.25) is 4.79 Å². The van der Waals surface area contributed by atoms with Crippen molar-refractivity contribution >= 4 is 33.3 Å². The average Bonchev–Trinajstić information content (AvgIpc) is 2.44. The highest BCUT2D eigenvalue weighted by Crippen LogP contribution is 2.25. The van der Waals surface area contributed by atoms with Gasteiger partial charge in [0.2, 0.25) is 0 Å². The first-order valence-electron chi connectivity index (χ1n) is 6.02. The number of nitrogens with zero attached hydrogens (tertiary/aromatic N) is 1. The summed E-state index contributed by atoms with van der Waals surface area (Å²) in [5.74, 6) is -1.31. The number of carbonyl (C=O) groups excluding carboxylic acids is 1. The minimum absolute atomic E-state index is 0.0670. The average molecular weight is 356 g/mol. The van der Waals surface area contributed by atoms with Crippen LogP contribution in [0.3, 0.4) is 0 Å². The van der Waals surface area contributed by atoms with E-state index in [2.05, 4.69) is 31.5 Å². The lowest BCUT2D eigenvalue weighted by atomic mass is 10.1. The van der Waals surface area contributed by atoms with Gasteiger partial charge < -0.3 is 10.6 Å². The third-order valence-electron chi connectivity index (χ3n) is 2.85. The highest BCUT2D eigenvalue weighted by atomic mass is 79.9. The van der Waals surface area contributed by atoms with E-state index in [1.807, 2.05) is 0 Å². The van der Waals surface area contributed by atoms with E-state index in [4.69, 9.17) is 0 Å². The molecule has 1 aromatic heterocycles. The van der Waals surface area contributed by atoms with Gasteiger partial charge in [-0.25, -0.2) is 13.8 Å². The molecular formula is C14H12BrF2N3O. The number of hydrogen-bond acceptors (Lipinski definition) is 3. The summed E-state index contributed by atoms with van der Waals surface area (Å²) >= 11 is 3.06. The topological polar surface area (TPSA) is 54.0 Å². The standard InChI is InChI=1S/C14H12BrF2N3O/c1-7-3-11(17)10(15)5-12(7)20-14(21)9-4-8(16)6-19-13(9)18-2/h3-6H,1-2H3,(H,18,19)(H,20,21). The summed E-state index contributed by atoms with van der Waals surface area (Å²) in [6.07, 6.45) is 1.02. The zero-order chi connectivity index (χ0) is 15.6. The maximum absolute atomic E-state index is 13.4. The van der Waals surface area contributed by atoms with Gasteiger partial charge >= 0.3 is 0 Å². The Labute approximate surface area is 128 Å². The lowest BCUT2D eigenvalue weighted by Gasteiger charge is -2.11. The number of pyridine rings is 1. The minimum Gasteiger partial charge on any atom is -0.372 e. The number of anilines is 2. The Morgan fingerprint density at radius 2 is 2.00 bits per heavy atom. The molecule has 4 nitrogen and oxygen atoms in total. The number of hydrogen-bond donors (Lipinski definition) is 2. The maximum atomic E-state index is 13.4. The van der Waals surface area contributed by atoms with Crippen molar-refractivity contribution in [3.63, 3.8) is 0 Å². The zero-order valence-electron chi connectivity index (χ0n) is 11.3. The van der Waals surface area contributed by atoms with Gasteiger partial charge in [-0.15, -0.1) is 0 Å². The fourth-order valence-electron chi connectivity index (χ4n) is 1.78. The van der Waals surface area contributed by atoms with Crippen molar-refractivity contribution in [2.24, 2.45) is 0 Å². The van der Waals surface area contributed by atoms with Gasteiger partial charge in [0.05, 0.1) is 16.2 Å². The normalized spacial score (nSPS) is 10.3. The molecule has 0 fully saturated rings. The summed E-state index contributed by atoms with van der Waals surface area (Å²) in [5, 5.41) is 5.33. The Morgan fingerprint density at radius 1 is 1.29 bits per heavy atom. The molecule has 1 aromatic carbocycles. The first-order chi connectivity index (χ1) is 9.92. The molecule has 2 N–H and O–H groups in total. The van der Waals surface area contributed by atoms with Crippen LogP contribution in [-0.2, 0) is 0 Å². The van der Waals surface area contributed by atoms with Gasteiger partial charge in [0.1, 0.15) is 17.5 Å². The lowest BCUT2D eigenvalue weighted by Crippen LogP contribution is -2.16. The van der Waals surface area contributed by atoms with Crippen molar-refractivity contribution in [3.8, 4) is 0 Å². The molecule has 0 atom stereocenters. The molecule has 0 spiro atoms. The van der Waals surface area contributed by atoms with Gasteiger partial charge in [0, 0.05) is 12.7 Å². The van der Waals surface area contributed by atoms with Gasteiger partial charge in [-0.1, -0.05) is 0 Å². The van der Waals surface area contributed by atoms with Gasteiger partial charge in [-0.2, -0.15) is 0 Å². The Bertz CT molecular complexity index is 707. The Balaban J connectivity index is 2.34. The quantitative estimate of drug-likeness (QED) is 0.881. The molecule has 110 valence electrons. The summed E-state index contributed by atoms with van der Waals surface area (Å²) < 4.78 is 26.8. The third kappa shape index (κ3) is 3.36. The van der Waals surface area contributed by atoms with Crippen molar-refractivity contribution in [1.29, 1.82) is 0 Å². The zero-order valence-corrected chi connectivity index (χ0v) is 12.9. The molecule has 0 aliphatic rings. The molecular weight excluding hydrogens is 344 g/mol. The molecule has 1 amide bonds. The smallest absolute Gasteiger partial charge is 0.259 e. The van der Waals surface area contributed by atoms with Crippen molar-refractivity contribution in [2.45, 2.75) is 6.92 Å². The van der Waals surface area contributed by atoms with E-state index < -0.39 is 17.5 Å². The number of aromatic nitrogens is 1. The predicted octanol–water partition coefficient (Wildman–Crippen LogP) is 3.72. The number of halogens is 3. The fraction of sp³-hybridized carbons (Fsp3) is 0.143. The van der Waals surface area contributed by atoms with Crippen LogP contribution in [0.15, 0.2) is 28.9 Å². The summed E-state index contributed by atoms with van der Waals surface area (Å²) in [6.45, 7) is 1.66. The van der Waals surface area contributed by atoms with Crippen molar-refractivity contribution in [1.82, 2.24) is 4.98 Å². The summed E-state index contributed by atoms with van der Waals surface area (Å²) in [6, 6.07) is 3.83. The van der Waals surface area contributed by atoms with Crippen LogP contribution in [0, 0.1) is 18.6 Å². The van der Waals surface area contributed by atoms with Crippen LogP contribution in [0.4, 0.5) is 20.3 Å². The van der Waals surface area contributed by atoms with E-state index >= 15 is 0 Å². The second kappa shape index (κ2) is 6.17. The lowest BCUT2D eigenvalue weighted by molar-refractivity contribution is 0.102. The van der Waals surface area contributed by atoms with Crippen molar-refractivity contribution in [2.75, 3.05) is 17.7 Å². The summed E-state index contributed by atoms with van der Waals surface area (Å²) in [7, 11) is 1.58. The van der Waals surface area contributed by atoms with E-state index in [-0.39, 0.29) is 15.9 Å². The number of benzene rings is 1. The molecule has 21 heavy (non-hydrogen) atoms. The second-order valence-corrected chi connectivity index (χ2v) is 5.19. The van der Waals surface area contributed by atoms with Crippen LogP contribution in [-0.4, -0.2) is 17.9 Å². The number of aryl methyl sites for hydroxylation is 1. The molecule has 0 saturated heterocycles. The molecule has 0 radical (unpaired) electrons. The molecule has 0 aliphatic heterocycles. The highest BCUT2D eigenvalue weighted by molar-refractivity contribution is 9.10. The van der Waals surface area contributed by atoms with Crippen LogP contribution >= 0.6 is 15.9 Å². The molecule has 7 heteroatoms. The number of rotatable bonds is 3. The minimum atomic E-state index is -0.615. The number of carbonyl (C=O) groups is 1. The SMILES string of the molecule is CNc1ncc(F)cc1C(=O)Nc1cc(Br)c(F)cc1C. The Hall–Kier alpha value is -2.02. The van der Waals surface area contributed by atoms with E-state index in [1.165, 1.54) is 12.1 Å².